The summed E-state index contributed by atoms with van der Waals surface area (Å²) in [6, 6.07) is 7.87. The van der Waals surface area contributed by atoms with Crippen LogP contribution >= 0.6 is 0 Å². The molecule has 19 heavy (non-hydrogen) atoms. The quantitative estimate of drug-likeness (QED) is 0.911. The maximum absolute atomic E-state index is 10.9. The van der Waals surface area contributed by atoms with Crippen molar-refractivity contribution in [1.29, 1.82) is 0 Å². The first-order chi connectivity index (χ1) is 9.25. The molecule has 5 nitrogen and oxygen atoms in total. The summed E-state index contributed by atoms with van der Waals surface area (Å²) in [5, 5.41) is 9.98. The molecule has 0 aliphatic carbocycles. The van der Waals surface area contributed by atoms with E-state index in [1.807, 2.05) is 24.3 Å². The van der Waals surface area contributed by atoms with Crippen molar-refractivity contribution < 1.29 is 9.90 Å². The van der Waals surface area contributed by atoms with Crippen LogP contribution in [0, 0.1) is 0 Å². The number of rotatable bonds is 3. The second-order valence-electron chi connectivity index (χ2n) is 4.80. The number of aromatic nitrogens is 2. The van der Waals surface area contributed by atoms with Crippen LogP contribution in [0.2, 0.25) is 0 Å². The summed E-state index contributed by atoms with van der Waals surface area (Å²) < 4.78 is 0. The molecule has 1 saturated heterocycles. The van der Waals surface area contributed by atoms with Gasteiger partial charge in [-0.25, -0.2) is 9.97 Å². The highest BCUT2D eigenvalue weighted by molar-refractivity contribution is 5.89. The molecule has 1 N–H and O–H groups in total. The highest BCUT2D eigenvalue weighted by atomic mass is 16.4. The van der Waals surface area contributed by atoms with Crippen molar-refractivity contribution in [3.8, 4) is 0 Å². The van der Waals surface area contributed by atoms with E-state index in [0.717, 1.165) is 36.1 Å². The van der Waals surface area contributed by atoms with Gasteiger partial charge in [0.25, 0.3) is 0 Å². The van der Waals surface area contributed by atoms with Crippen LogP contribution < -0.4 is 4.90 Å². The van der Waals surface area contributed by atoms with Gasteiger partial charge in [-0.15, -0.1) is 0 Å². The van der Waals surface area contributed by atoms with E-state index < -0.39 is 5.97 Å². The second-order valence-corrected chi connectivity index (χ2v) is 4.80. The molecule has 2 aromatic rings. The fourth-order valence-corrected chi connectivity index (χ4v) is 2.75. The molecule has 1 atom stereocenters. The van der Waals surface area contributed by atoms with Gasteiger partial charge in [-0.1, -0.05) is 12.1 Å². The number of benzene rings is 1. The van der Waals surface area contributed by atoms with Crippen molar-refractivity contribution in [1.82, 2.24) is 9.97 Å². The summed E-state index contributed by atoms with van der Waals surface area (Å²) in [5.41, 5.74) is 0.897. The fourth-order valence-electron chi connectivity index (χ4n) is 2.75. The molecule has 2 heterocycles. The SMILES string of the molecule is O=C(O)CC1CCCN1c1ncnc2ccccc12. The Morgan fingerprint density at radius 2 is 2.21 bits per heavy atom. The summed E-state index contributed by atoms with van der Waals surface area (Å²) in [6.45, 7) is 0.860. The number of carboxylic acids is 1. The summed E-state index contributed by atoms with van der Waals surface area (Å²) in [4.78, 5) is 21.7. The van der Waals surface area contributed by atoms with E-state index in [4.69, 9.17) is 5.11 Å². The van der Waals surface area contributed by atoms with Gasteiger partial charge >= 0.3 is 5.97 Å². The van der Waals surface area contributed by atoms with E-state index in [0.29, 0.717) is 0 Å². The number of aliphatic carboxylic acids is 1. The number of carbonyl (C=O) groups is 1. The van der Waals surface area contributed by atoms with E-state index >= 15 is 0 Å². The molecule has 3 rings (SSSR count). The Labute approximate surface area is 110 Å². The predicted molar refractivity (Wildman–Crippen MR) is 72.2 cm³/mol. The summed E-state index contributed by atoms with van der Waals surface area (Å²) in [6.07, 6.45) is 3.63. The van der Waals surface area contributed by atoms with E-state index in [-0.39, 0.29) is 12.5 Å². The topological polar surface area (TPSA) is 66.3 Å². The first-order valence-corrected chi connectivity index (χ1v) is 6.44. The molecule has 98 valence electrons. The Morgan fingerprint density at radius 3 is 3.05 bits per heavy atom. The third-order valence-electron chi connectivity index (χ3n) is 3.58. The lowest BCUT2D eigenvalue weighted by Gasteiger charge is -2.25. The molecule has 0 spiro atoms. The third kappa shape index (κ3) is 2.23. The van der Waals surface area contributed by atoms with Crippen LogP contribution in [-0.2, 0) is 4.79 Å². The summed E-state index contributed by atoms with van der Waals surface area (Å²) in [5.74, 6) is 0.101. The number of fused-ring (bicyclic) bond motifs is 1. The smallest absolute Gasteiger partial charge is 0.305 e. The predicted octanol–water partition coefficient (Wildman–Crippen LogP) is 2.07. The van der Waals surface area contributed by atoms with Gasteiger partial charge in [-0.3, -0.25) is 4.79 Å². The fraction of sp³-hybridized carbons (Fsp3) is 0.357. The maximum Gasteiger partial charge on any atom is 0.305 e. The zero-order valence-electron chi connectivity index (χ0n) is 10.5. The molecule has 1 aromatic heterocycles. The maximum atomic E-state index is 10.9. The molecule has 1 aliphatic rings. The Hall–Kier alpha value is -2.17. The van der Waals surface area contributed by atoms with Crippen LogP contribution in [0.1, 0.15) is 19.3 Å². The first-order valence-electron chi connectivity index (χ1n) is 6.44. The lowest BCUT2D eigenvalue weighted by Crippen LogP contribution is -2.32. The molecule has 5 heteroatoms. The van der Waals surface area contributed by atoms with Gasteiger partial charge in [0, 0.05) is 18.0 Å². The molecular weight excluding hydrogens is 242 g/mol. The van der Waals surface area contributed by atoms with E-state index in [1.165, 1.54) is 0 Å². The summed E-state index contributed by atoms with van der Waals surface area (Å²) >= 11 is 0. The Kier molecular flexibility index (Phi) is 3.03. The normalized spacial score (nSPS) is 18.9. The molecule has 0 bridgehead atoms. The largest absolute Gasteiger partial charge is 0.481 e. The zero-order valence-corrected chi connectivity index (χ0v) is 10.5. The van der Waals surface area contributed by atoms with Crippen molar-refractivity contribution in [2.24, 2.45) is 0 Å². The molecular formula is C14H15N3O2. The molecule has 1 fully saturated rings. The first kappa shape index (κ1) is 11.9. The second kappa shape index (κ2) is 4.84. The minimum atomic E-state index is -0.754. The van der Waals surface area contributed by atoms with Gasteiger partial charge in [0.15, 0.2) is 0 Å². The zero-order chi connectivity index (χ0) is 13.2. The van der Waals surface area contributed by atoms with Gasteiger partial charge in [0.05, 0.1) is 11.9 Å². The van der Waals surface area contributed by atoms with E-state index in [2.05, 4.69) is 14.9 Å². The Balaban J connectivity index is 2.01. The lowest BCUT2D eigenvalue weighted by atomic mass is 10.1. The average molecular weight is 257 g/mol. The highest BCUT2D eigenvalue weighted by Crippen LogP contribution is 2.30. The van der Waals surface area contributed by atoms with E-state index in [9.17, 15) is 4.79 Å². The minimum absolute atomic E-state index is 0.0378. The number of hydrogen-bond acceptors (Lipinski definition) is 4. The molecule has 0 radical (unpaired) electrons. The summed E-state index contributed by atoms with van der Waals surface area (Å²) in [7, 11) is 0. The van der Waals surface area contributed by atoms with Gasteiger partial charge < -0.3 is 10.0 Å². The van der Waals surface area contributed by atoms with Crippen LogP contribution in [0.15, 0.2) is 30.6 Å². The monoisotopic (exact) mass is 257 g/mol. The lowest BCUT2D eigenvalue weighted by molar-refractivity contribution is -0.137. The van der Waals surface area contributed by atoms with E-state index in [1.54, 1.807) is 6.33 Å². The molecule has 0 saturated carbocycles. The molecule has 1 unspecified atom stereocenters. The van der Waals surface area contributed by atoms with Crippen molar-refractivity contribution in [3.63, 3.8) is 0 Å². The standard InChI is InChI=1S/C14H15N3O2/c18-13(19)8-10-4-3-7-17(10)14-11-5-1-2-6-12(11)15-9-16-14/h1-2,5-6,9-10H,3-4,7-8H2,(H,18,19). The molecule has 1 aliphatic heterocycles. The van der Waals surface area contributed by atoms with Crippen molar-refractivity contribution in [3.05, 3.63) is 30.6 Å². The Morgan fingerprint density at radius 1 is 1.37 bits per heavy atom. The molecule has 1 aromatic carbocycles. The number of anilines is 1. The van der Waals surface area contributed by atoms with Gasteiger partial charge in [-0.2, -0.15) is 0 Å². The van der Waals surface area contributed by atoms with Crippen LogP contribution in [0.25, 0.3) is 10.9 Å². The van der Waals surface area contributed by atoms with Crippen LogP contribution in [0.5, 0.6) is 0 Å². The van der Waals surface area contributed by atoms with Crippen LogP contribution in [-0.4, -0.2) is 33.6 Å². The van der Waals surface area contributed by atoms with Crippen LogP contribution in [0.4, 0.5) is 5.82 Å². The number of carboxylic acid groups (broad SMARTS) is 1. The van der Waals surface area contributed by atoms with Crippen molar-refractivity contribution in [2.45, 2.75) is 25.3 Å². The highest BCUT2D eigenvalue weighted by Gasteiger charge is 2.28. The van der Waals surface area contributed by atoms with Crippen molar-refractivity contribution >= 4 is 22.7 Å². The Bertz CT molecular complexity index is 609. The van der Waals surface area contributed by atoms with Crippen molar-refractivity contribution in [2.75, 3.05) is 11.4 Å². The average Bonchev–Trinajstić information content (AvgIpc) is 2.85. The molecule has 0 amide bonds. The van der Waals surface area contributed by atoms with Gasteiger partial charge in [0.1, 0.15) is 12.1 Å². The number of para-hydroxylation sites is 1. The minimum Gasteiger partial charge on any atom is -0.481 e. The van der Waals surface area contributed by atoms with Gasteiger partial charge in [0.2, 0.25) is 0 Å². The number of nitrogens with zero attached hydrogens (tertiary/aromatic N) is 3. The number of hydrogen-bond donors (Lipinski definition) is 1. The van der Waals surface area contributed by atoms with Crippen LogP contribution in [0.3, 0.4) is 0 Å². The van der Waals surface area contributed by atoms with Gasteiger partial charge in [-0.05, 0) is 25.0 Å². The third-order valence-corrected chi connectivity index (χ3v) is 3.58.